The van der Waals surface area contributed by atoms with E-state index in [-0.39, 0.29) is 12.4 Å². The van der Waals surface area contributed by atoms with Crippen LogP contribution in [-0.2, 0) is 0 Å². The second-order valence-electron chi connectivity index (χ2n) is 4.59. The molecular weight excluding hydrogens is 270 g/mol. The average molecular weight is 286 g/mol. The van der Waals surface area contributed by atoms with Crippen molar-refractivity contribution in [2.45, 2.75) is 6.92 Å². The Morgan fingerprint density at radius 3 is 2.45 bits per heavy atom. The first-order valence-electron chi connectivity index (χ1n) is 6.21. The van der Waals surface area contributed by atoms with Crippen molar-refractivity contribution >= 4 is 29.1 Å². The molecule has 20 heavy (non-hydrogen) atoms. The van der Waals surface area contributed by atoms with Crippen molar-refractivity contribution in [1.29, 1.82) is 0 Å². The Balaban J connectivity index is 0.00000147. The number of pyridine rings is 1. The maximum Gasteiger partial charge on any atom is 0.148 e. The third kappa shape index (κ3) is 2.59. The first kappa shape index (κ1) is 14.3. The summed E-state index contributed by atoms with van der Waals surface area (Å²) in [6.45, 7) is 2.06. The van der Waals surface area contributed by atoms with Crippen molar-refractivity contribution in [1.82, 2.24) is 4.98 Å². The molecule has 102 valence electrons. The van der Waals surface area contributed by atoms with Gasteiger partial charge in [0.25, 0.3) is 0 Å². The predicted molar refractivity (Wildman–Crippen MR) is 87.0 cm³/mol. The molecule has 0 atom stereocenters. The molecule has 0 spiro atoms. The Labute approximate surface area is 124 Å². The molecule has 0 saturated heterocycles. The minimum atomic E-state index is 0. The van der Waals surface area contributed by atoms with Crippen molar-refractivity contribution in [3.8, 4) is 11.1 Å². The van der Waals surface area contributed by atoms with Gasteiger partial charge in [-0.05, 0) is 30.2 Å². The van der Waals surface area contributed by atoms with Crippen LogP contribution in [0.15, 0.2) is 54.6 Å². The summed E-state index contributed by atoms with van der Waals surface area (Å²) in [5.74, 6) is 6.30. The van der Waals surface area contributed by atoms with Gasteiger partial charge in [-0.15, -0.1) is 12.4 Å². The number of hydrazine groups is 1. The van der Waals surface area contributed by atoms with Gasteiger partial charge in [0.2, 0.25) is 0 Å². The lowest BCUT2D eigenvalue weighted by molar-refractivity contribution is 1.26. The molecule has 4 heteroatoms. The Morgan fingerprint density at radius 2 is 1.75 bits per heavy atom. The fourth-order valence-electron chi connectivity index (χ4n) is 2.22. The summed E-state index contributed by atoms with van der Waals surface area (Å²) < 4.78 is 0. The molecule has 3 aromatic rings. The zero-order valence-electron chi connectivity index (χ0n) is 11.1. The van der Waals surface area contributed by atoms with Gasteiger partial charge in [-0.2, -0.15) is 0 Å². The monoisotopic (exact) mass is 285 g/mol. The molecule has 0 bridgehead atoms. The van der Waals surface area contributed by atoms with Crippen molar-refractivity contribution in [2.24, 2.45) is 5.84 Å². The van der Waals surface area contributed by atoms with Gasteiger partial charge in [0.15, 0.2) is 0 Å². The lowest BCUT2D eigenvalue weighted by atomic mass is 10.0. The highest BCUT2D eigenvalue weighted by Crippen LogP contribution is 2.29. The minimum absolute atomic E-state index is 0. The lowest BCUT2D eigenvalue weighted by Gasteiger charge is -2.10. The molecule has 0 aliphatic heterocycles. The van der Waals surface area contributed by atoms with Crippen LogP contribution >= 0.6 is 12.4 Å². The van der Waals surface area contributed by atoms with Gasteiger partial charge >= 0.3 is 0 Å². The fourth-order valence-corrected chi connectivity index (χ4v) is 2.22. The van der Waals surface area contributed by atoms with E-state index in [1.54, 1.807) is 0 Å². The highest BCUT2D eigenvalue weighted by atomic mass is 35.5. The molecule has 0 fully saturated rings. The molecule has 0 radical (unpaired) electrons. The van der Waals surface area contributed by atoms with E-state index < -0.39 is 0 Å². The molecule has 2 aromatic carbocycles. The van der Waals surface area contributed by atoms with Crippen LogP contribution in [0.3, 0.4) is 0 Å². The number of nitrogen functional groups attached to an aromatic ring is 1. The molecule has 0 aliphatic rings. The first-order chi connectivity index (χ1) is 9.28. The van der Waals surface area contributed by atoms with E-state index in [4.69, 9.17) is 5.84 Å². The molecule has 3 N–H and O–H groups in total. The maximum atomic E-state index is 5.60. The number of fused-ring (bicyclic) bond motifs is 1. The summed E-state index contributed by atoms with van der Waals surface area (Å²) in [6, 6.07) is 18.5. The van der Waals surface area contributed by atoms with E-state index in [1.807, 2.05) is 18.2 Å². The topological polar surface area (TPSA) is 50.9 Å². The molecule has 0 amide bonds. The number of aromatic nitrogens is 1. The van der Waals surface area contributed by atoms with Crippen LogP contribution in [0, 0.1) is 6.92 Å². The van der Waals surface area contributed by atoms with Gasteiger partial charge in [-0.1, -0.05) is 42.5 Å². The van der Waals surface area contributed by atoms with Gasteiger partial charge in [-0.3, -0.25) is 0 Å². The molecule has 0 saturated carbocycles. The summed E-state index contributed by atoms with van der Waals surface area (Å²) in [5, 5.41) is 1.11. The van der Waals surface area contributed by atoms with Crippen molar-refractivity contribution in [3.63, 3.8) is 0 Å². The van der Waals surface area contributed by atoms with E-state index >= 15 is 0 Å². The van der Waals surface area contributed by atoms with E-state index in [2.05, 4.69) is 53.7 Å². The van der Waals surface area contributed by atoms with E-state index in [0.29, 0.717) is 5.82 Å². The largest absolute Gasteiger partial charge is 0.308 e. The van der Waals surface area contributed by atoms with Gasteiger partial charge in [-0.25, -0.2) is 10.8 Å². The molecule has 1 heterocycles. The number of hydrogen-bond acceptors (Lipinski definition) is 3. The van der Waals surface area contributed by atoms with Crippen LogP contribution < -0.4 is 11.3 Å². The van der Waals surface area contributed by atoms with E-state index in [1.165, 1.54) is 5.56 Å². The second kappa shape index (κ2) is 5.90. The second-order valence-corrected chi connectivity index (χ2v) is 4.59. The molecule has 0 unspecified atom stereocenters. The summed E-state index contributed by atoms with van der Waals surface area (Å²) in [7, 11) is 0. The number of hydrogen-bond donors (Lipinski definition) is 2. The zero-order valence-corrected chi connectivity index (χ0v) is 11.9. The molecule has 1 aromatic heterocycles. The van der Waals surface area contributed by atoms with Crippen LogP contribution in [0.1, 0.15) is 5.56 Å². The van der Waals surface area contributed by atoms with Gasteiger partial charge in [0, 0.05) is 10.9 Å². The van der Waals surface area contributed by atoms with Gasteiger partial charge < -0.3 is 5.43 Å². The van der Waals surface area contributed by atoms with Crippen LogP contribution in [0.2, 0.25) is 0 Å². The Morgan fingerprint density at radius 1 is 1.00 bits per heavy atom. The molecule has 0 aliphatic carbocycles. The number of nitrogens with one attached hydrogen (secondary N) is 1. The lowest BCUT2D eigenvalue weighted by Crippen LogP contribution is -2.10. The van der Waals surface area contributed by atoms with Crippen molar-refractivity contribution < 1.29 is 0 Å². The summed E-state index contributed by atoms with van der Waals surface area (Å²) in [5.41, 5.74) is 6.95. The fraction of sp³-hybridized carbons (Fsp3) is 0.0625. The Hall–Kier alpha value is -2.10. The first-order valence-corrected chi connectivity index (χ1v) is 6.21. The normalized spacial score (nSPS) is 10.1. The summed E-state index contributed by atoms with van der Waals surface area (Å²) in [6.07, 6.45) is 0. The number of anilines is 1. The number of nitrogens with zero attached hydrogens (tertiary/aromatic N) is 1. The van der Waals surface area contributed by atoms with Crippen LogP contribution in [0.5, 0.6) is 0 Å². The van der Waals surface area contributed by atoms with Crippen LogP contribution in [0.4, 0.5) is 5.82 Å². The Bertz CT molecular complexity index is 726. The van der Waals surface area contributed by atoms with Gasteiger partial charge in [0.05, 0.1) is 5.52 Å². The van der Waals surface area contributed by atoms with Crippen molar-refractivity contribution in [3.05, 3.63) is 60.2 Å². The number of aryl methyl sites for hydroxylation is 1. The molecule has 3 nitrogen and oxygen atoms in total. The van der Waals surface area contributed by atoms with Crippen molar-refractivity contribution in [2.75, 3.05) is 5.43 Å². The average Bonchev–Trinajstić information content (AvgIpc) is 2.46. The third-order valence-electron chi connectivity index (χ3n) is 3.19. The smallest absolute Gasteiger partial charge is 0.148 e. The zero-order chi connectivity index (χ0) is 13.2. The summed E-state index contributed by atoms with van der Waals surface area (Å²) in [4.78, 5) is 4.59. The molecule has 3 rings (SSSR count). The van der Waals surface area contributed by atoms with Gasteiger partial charge in [0.1, 0.15) is 5.82 Å². The highest BCUT2D eigenvalue weighted by Gasteiger charge is 2.08. The van der Waals surface area contributed by atoms with Crippen LogP contribution in [-0.4, -0.2) is 4.98 Å². The van der Waals surface area contributed by atoms with E-state index in [0.717, 1.165) is 22.0 Å². The SMILES string of the molecule is Cc1ccc2cc(-c3ccccc3)c(NN)nc2c1.Cl. The number of nitrogens with two attached hydrogens (primary N) is 1. The number of benzene rings is 2. The summed E-state index contributed by atoms with van der Waals surface area (Å²) >= 11 is 0. The maximum absolute atomic E-state index is 5.60. The Kier molecular flexibility index (Phi) is 4.23. The number of rotatable bonds is 2. The molecular formula is C16H16ClN3. The quantitative estimate of drug-likeness (QED) is 0.554. The van der Waals surface area contributed by atoms with Crippen LogP contribution in [0.25, 0.3) is 22.0 Å². The predicted octanol–water partition coefficient (Wildman–Crippen LogP) is 3.92. The minimum Gasteiger partial charge on any atom is -0.308 e. The third-order valence-corrected chi connectivity index (χ3v) is 3.19. The number of halogens is 1. The van der Waals surface area contributed by atoms with E-state index in [9.17, 15) is 0 Å². The highest BCUT2D eigenvalue weighted by molar-refractivity contribution is 5.89. The standard InChI is InChI=1S/C16H15N3.ClH/c1-11-7-8-13-10-14(12-5-3-2-4-6-12)16(19-17)18-15(13)9-11;/h2-10H,17H2,1H3,(H,18,19);1H.